The molecule has 0 bridgehead atoms. The molecule has 20 heavy (non-hydrogen) atoms. The van der Waals surface area contributed by atoms with E-state index >= 15 is 0 Å². The van der Waals surface area contributed by atoms with Gasteiger partial charge in [0.25, 0.3) is 5.91 Å². The second kappa shape index (κ2) is 6.67. The summed E-state index contributed by atoms with van der Waals surface area (Å²) < 4.78 is 0. The number of para-hydroxylation sites is 1. The Morgan fingerprint density at radius 1 is 1.50 bits per heavy atom. The van der Waals surface area contributed by atoms with E-state index in [-0.39, 0.29) is 17.1 Å². The Morgan fingerprint density at radius 2 is 2.15 bits per heavy atom. The van der Waals surface area contributed by atoms with E-state index in [1.165, 1.54) is 24.3 Å². The molecule has 0 saturated heterocycles. The normalized spacial score (nSPS) is 9.85. The van der Waals surface area contributed by atoms with Crippen LogP contribution in [0.5, 0.6) is 0 Å². The maximum absolute atomic E-state index is 12.2. The first-order valence-corrected chi connectivity index (χ1v) is 5.81. The first-order chi connectivity index (χ1) is 9.38. The molecule has 1 amide bonds. The number of carbonyl (C=O) groups is 2. The van der Waals surface area contributed by atoms with E-state index in [1.54, 1.807) is 0 Å². The third kappa shape index (κ3) is 3.55. The summed E-state index contributed by atoms with van der Waals surface area (Å²) in [6, 6.07) is 3.89. The lowest BCUT2D eigenvalue weighted by atomic mass is 10.1. The third-order valence-electron chi connectivity index (χ3n) is 2.36. The van der Waals surface area contributed by atoms with Crippen LogP contribution < -0.4 is 0 Å². The Hall–Kier alpha value is -2.41. The van der Waals surface area contributed by atoms with Gasteiger partial charge in [-0.2, -0.15) is 0 Å². The number of benzene rings is 1. The smallest absolute Gasteiger partial charge is 0.323 e. The van der Waals surface area contributed by atoms with Gasteiger partial charge in [-0.15, -0.1) is 6.58 Å². The summed E-state index contributed by atoms with van der Waals surface area (Å²) in [6.07, 6.45) is 1.33. The van der Waals surface area contributed by atoms with Crippen molar-refractivity contribution >= 4 is 29.2 Å². The van der Waals surface area contributed by atoms with E-state index in [1.807, 2.05) is 0 Å². The zero-order chi connectivity index (χ0) is 15.3. The molecule has 1 rings (SSSR count). The molecule has 1 aromatic carbocycles. The maximum Gasteiger partial charge on any atom is 0.323 e. The van der Waals surface area contributed by atoms with Crippen LogP contribution in [0.25, 0.3) is 0 Å². The van der Waals surface area contributed by atoms with Gasteiger partial charge >= 0.3 is 11.7 Å². The molecule has 0 radical (unpaired) electrons. The molecule has 0 saturated carbocycles. The number of nitro benzene ring substituents is 1. The molecule has 7 nitrogen and oxygen atoms in total. The lowest BCUT2D eigenvalue weighted by Gasteiger charge is -2.18. The predicted molar refractivity (Wildman–Crippen MR) is 71.8 cm³/mol. The Balaban J connectivity index is 3.24. The van der Waals surface area contributed by atoms with E-state index in [4.69, 9.17) is 16.7 Å². The van der Waals surface area contributed by atoms with Gasteiger partial charge in [-0.3, -0.25) is 19.7 Å². The molecule has 0 aliphatic heterocycles. The fraction of sp³-hybridized carbons (Fsp3) is 0.167. The van der Waals surface area contributed by atoms with Crippen molar-refractivity contribution in [3.8, 4) is 0 Å². The zero-order valence-corrected chi connectivity index (χ0v) is 11.0. The number of hydrogen-bond donors (Lipinski definition) is 1. The van der Waals surface area contributed by atoms with Crippen molar-refractivity contribution in [2.24, 2.45) is 0 Å². The number of aliphatic carboxylic acids is 1. The Kier molecular flexibility index (Phi) is 5.22. The number of rotatable bonds is 6. The number of amides is 1. The average molecular weight is 299 g/mol. The molecule has 0 aromatic heterocycles. The fourth-order valence-electron chi connectivity index (χ4n) is 1.58. The van der Waals surface area contributed by atoms with Crippen LogP contribution >= 0.6 is 11.6 Å². The number of halogens is 1. The van der Waals surface area contributed by atoms with Crippen molar-refractivity contribution in [2.45, 2.75) is 0 Å². The van der Waals surface area contributed by atoms with E-state index in [0.29, 0.717) is 0 Å². The van der Waals surface area contributed by atoms with Crippen molar-refractivity contribution in [3.63, 3.8) is 0 Å². The molecule has 0 heterocycles. The number of carboxylic acids is 1. The summed E-state index contributed by atoms with van der Waals surface area (Å²) in [5.41, 5.74) is -0.802. The predicted octanol–water partition coefficient (Wildman–Crippen LogP) is 1.96. The highest BCUT2D eigenvalue weighted by molar-refractivity contribution is 6.33. The van der Waals surface area contributed by atoms with E-state index in [9.17, 15) is 19.7 Å². The third-order valence-corrected chi connectivity index (χ3v) is 2.67. The van der Waals surface area contributed by atoms with Crippen LogP contribution in [0, 0.1) is 10.1 Å². The van der Waals surface area contributed by atoms with Gasteiger partial charge in [0.05, 0.1) is 4.92 Å². The van der Waals surface area contributed by atoms with Gasteiger partial charge in [-0.1, -0.05) is 23.7 Å². The molecule has 0 spiro atoms. The van der Waals surface area contributed by atoms with Crippen LogP contribution in [0.4, 0.5) is 5.69 Å². The van der Waals surface area contributed by atoms with Gasteiger partial charge in [0.15, 0.2) is 0 Å². The SMILES string of the molecule is C=CCN(CC(=O)O)C(=O)c1cccc(Cl)c1[N+](=O)[O-]. The largest absolute Gasteiger partial charge is 0.480 e. The van der Waals surface area contributed by atoms with Crippen LogP contribution in [-0.2, 0) is 4.79 Å². The minimum Gasteiger partial charge on any atom is -0.480 e. The lowest BCUT2D eigenvalue weighted by Crippen LogP contribution is -2.36. The van der Waals surface area contributed by atoms with Crippen molar-refractivity contribution in [1.29, 1.82) is 0 Å². The molecule has 1 aromatic rings. The second-order valence-electron chi connectivity index (χ2n) is 3.76. The van der Waals surface area contributed by atoms with E-state index in [0.717, 1.165) is 4.90 Å². The molecule has 0 aliphatic rings. The molecule has 0 aliphatic carbocycles. The molecule has 0 unspecified atom stereocenters. The summed E-state index contributed by atoms with van der Waals surface area (Å²) in [4.78, 5) is 34.0. The van der Waals surface area contributed by atoms with E-state index in [2.05, 4.69) is 6.58 Å². The van der Waals surface area contributed by atoms with Crippen molar-refractivity contribution in [3.05, 3.63) is 51.6 Å². The van der Waals surface area contributed by atoms with Gasteiger partial charge in [0.2, 0.25) is 0 Å². The zero-order valence-electron chi connectivity index (χ0n) is 10.3. The summed E-state index contributed by atoms with van der Waals surface area (Å²) in [7, 11) is 0. The minimum absolute atomic E-state index is 0.0468. The number of carboxylic acid groups (broad SMARTS) is 1. The van der Waals surface area contributed by atoms with Crippen LogP contribution in [0.2, 0.25) is 5.02 Å². The number of nitrogens with zero attached hydrogens (tertiary/aromatic N) is 2. The van der Waals surface area contributed by atoms with Crippen LogP contribution in [0.3, 0.4) is 0 Å². The highest BCUT2D eigenvalue weighted by Crippen LogP contribution is 2.29. The Morgan fingerprint density at radius 3 is 2.65 bits per heavy atom. The molecule has 8 heteroatoms. The van der Waals surface area contributed by atoms with Crippen molar-refractivity contribution in [2.75, 3.05) is 13.1 Å². The van der Waals surface area contributed by atoms with Crippen molar-refractivity contribution in [1.82, 2.24) is 4.90 Å². The number of carbonyl (C=O) groups excluding carboxylic acids is 1. The lowest BCUT2D eigenvalue weighted by molar-refractivity contribution is -0.385. The van der Waals surface area contributed by atoms with Gasteiger partial charge in [0, 0.05) is 6.54 Å². The fourth-order valence-corrected chi connectivity index (χ4v) is 1.83. The molecular formula is C12H11ClN2O5. The number of hydrogen-bond acceptors (Lipinski definition) is 4. The second-order valence-corrected chi connectivity index (χ2v) is 4.17. The Labute approximate surface area is 119 Å². The Bertz CT molecular complexity index is 573. The summed E-state index contributed by atoms with van der Waals surface area (Å²) >= 11 is 5.71. The van der Waals surface area contributed by atoms with E-state index < -0.39 is 29.0 Å². The molecule has 0 fully saturated rings. The first-order valence-electron chi connectivity index (χ1n) is 5.43. The summed E-state index contributed by atoms with van der Waals surface area (Å²) in [6.45, 7) is 2.78. The molecule has 1 N–H and O–H groups in total. The monoisotopic (exact) mass is 298 g/mol. The van der Waals surface area contributed by atoms with Gasteiger partial charge < -0.3 is 10.0 Å². The minimum atomic E-state index is -1.23. The standard InChI is InChI=1S/C12H11ClN2O5/c1-2-6-14(7-10(16)17)12(18)8-4-3-5-9(13)11(8)15(19)20/h2-5H,1,6-7H2,(H,16,17). The molecule has 0 atom stereocenters. The number of nitro groups is 1. The summed E-state index contributed by atoms with van der Waals surface area (Å²) in [5, 5.41) is 19.5. The van der Waals surface area contributed by atoms with Gasteiger partial charge in [-0.05, 0) is 12.1 Å². The van der Waals surface area contributed by atoms with Crippen LogP contribution in [0.15, 0.2) is 30.9 Å². The van der Waals surface area contributed by atoms with Crippen molar-refractivity contribution < 1.29 is 19.6 Å². The molecular weight excluding hydrogens is 288 g/mol. The highest BCUT2D eigenvalue weighted by atomic mass is 35.5. The van der Waals surface area contributed by atoms with Gasteiger partial charge in [-0.25, -0.2) is 0 Å². The van der Waals surface area contributed by atoms with Crippen LogP contribution in [-0.4, -0.2) is 39.9 Å². The maximum atomic E-state index is 12.2. The highest BCUT2D eigenvalue weighted by Gasteiger charge is 2.27. The quantitative estimate of drug-likeness (QED) is 0.491. The summed E-state index contributed by atoms with van der Waals surface area (Å²) in [5.74, 6) is -2.02. The van der Waals surface area contributed by atoms with Crippen LogP contribution in [0.1, 0.15) is 10.4 Å². The average Bonchev–Trinajstić information content (AvgIpc) is 2.36. The molecule has 106 valence electrons. The van der Waals surface area contributed by atoms with Gasteiger partial charge in [0.1, 0.15) is 17.1 Å². The first kappa shape index (κ1) is 15.6. The topological polar surface area (TPSA) is 101 Å².